The Kier molecular flexibility index (Phi) is 5.92. The highest BCUT2D eigenvalue weighted by molar-refractivity contribution is 5.97. The van der Waals surface area contributed by atoms with Crippen LogP contribution >= 0.6 is 0 Å². The summed E-state index contributed by atoms with van der Waals surface area (Å²) >= 11 is 0. The molecule has 0 bridgehead atoms. The number of nitrogens with one attached hydrogen (secondary N) is 1. The molecule has 1 atom stereocenters. The van der Waals surface area contributed by atoms with E-state index in [4.69, 9.17) is 0 Å². The number of likely N-dealkylation sites (tertiary alicyclic amines) is 1. The highest BCUT2D eigenvalue weighted by atomic mass is 19.4. The first-order chi connectivity index (χ1) is 11.7. The maximum Gasteiger partial charge on any atom is 0.422 e. The van der Waals surface area contributed by atoms with Crippen molar-refractivity contribution >= 4 is 17.5 Å². The van der Waals surface area contributed by atoms with Gasteiger partial charge in [0.1, 0.15) is 11.8 Å². The van der Waals surface area contributed by atoms with Crippen molar-refractivity contribution in [2.24, 2.45) is 5.92 Å². The molecule has 0 radical (unpaired) electrons. The molecule has 2 amide bonds. The molecule has 8 heteroatoms. The number of halogens is 3. The van der Waals surface area contributed by atoms with E-state index < -0.39 is 18.8 Å². The van der Waals surface area contributed by atoms with Gasteiger partial charge in [-0.3, -0.25) is 9.59 Å². The summed E-state index contributed by atoms with van der Waals surface area (Å²) in [6.45, 7) is 2.76. The number of anilines is 1. The standard InChI is InChI=1S/C17H21F3N2O3/c1-11(2)16(24)22-9-3-4-14(22)15(23)21-12-5-7-13(8-6-12)25-10-17(18,19)20/h5-8,11,14H,3-4,9-10H2,1-2H3,(H,21,23). The van der Waals surface area contributed by atoms with Crippen molar-refractivity contribution in [2.75, 3.05) is 18.5 Å². The summed E-state index contributed by atoms with van der Waals surface area (Å²) in [7, 11) is 0. The van der Waals surface area contributed by atoms with Crippen LogP contribution < -0.4 is 10.1 Å². The molecule has 1 N–H and O–H groups in total. The van der Waals surface area contributed by atoms with Crippen LogP contribution in [0.3, 0.4) is 0 Å². The van der Waals surface area contributed by atoms with Crippen molar-refractivity contribution in [3.05, 3.63) is 24.3 Å². The number of amides is 2. The Morgan fingerprint density at radius 1 is 1.28 bits per heavy atom. The van der Waals surface area contributed by atoms with Gasteiger partial charge in [-0.2, -0.15) is 13.2 Å². The average Bonchev–Trinajstić information content (AvgIpc) is 3.02. The fourth-order valence-corrected chi connectivity index (χ4v) is 2.66. The number of rotatable bonds is 5. The van der Waals surface area contributed by atoms with Gasteiger partial charge in [-0.05, 0) is 37.1 Å². The van der Waals surface area contributed by atoms with Gasteiger partial charge in [0.2, 0.25) is 11.8 Å². The molecular weight excluding hydrogens is 337 g/mol. The summed E-state index contributed by atoms with van der Waals surface area (Å²) in [5, 5.41) is 2.70. The summed E-state index contributed by atoms with van der Waals surface area (Å²) in [6, 6.07) is 5.12. The van der Waals surface area contributed by atoms with Crippen molar-refractivity contribution in [1.82, 2.24) is 4.90 Å². The lowest BCUT2D eigenvalue weighted by atomic mass is 10.1. The number of hydrogen-bond donors (Lipinski definition) is 1. The number of ether oxygens (including phenoxy) is 1. The van der Waals surface area contributed by atoms with E-state index in [-0.39, 0.29) is 23.5 Å². The second kappa shape index (κ2) is 7.76. The highest BCUT2D eigenvalue weighted by Gasteiger charge is 2.35. The number of carbonyl (C=O) groups excluding carboxylic acids is 2. The van der Waals surface area contributed by atoms with Gasteiger partial charge < -0.3 is 15.0 Å². The lowest BCUT2D eigenvalue weighted by Crippen LogP contribution is -2.44. The SMILES string of the molecule is CC(C)C(=O)N1CCCC1C(=O)Nc1ccc(OCC(F)(F)F)cc1. The van der Waals surface area contributed by atoms with Crippen LogP contribution in [0.15, 0.2) is 24.3 Å². The molecule has 0 aliphatic carbocycles. The molecule has 1 aromatic carbocycles. The van der Waals surface area contributed by atoms with Crippen LogP contribution in [0.2, 0.25) is 0 Å². The van der Waals surface area contributed by atoms with Gasteiger partial charge in [0, 0.05) is 18.2 Å². The predicted octanol–water partition coefficient (Wildman–Crippen LogP) is 3.21. The van der Waals surface area contributed by atoms with Gasteiger partial charge in [-0.1, -0.05) is 13.8 Å². The molecule has 1 fully saturated rings. The van der Waals surface area contributed by atoms with E-state index in [1.165, 1.54) is 24.3 Å². The van der Waals surface area contributed by atoms with Gasteiger partial charge in [0.05, 0.1) is 0 Å². The largest absolute Gasteiger partial charge is 0.484 e. The summed E-state index contributed by atoms with van der Waals surface area (Å²) in [5.74, 6) is -0.477. The van der Waals surface area contributed by atoms with E-state index in [0.29, 0.717) is 18.7 Å². The second-order valence-electron chi connectivity index (χ2n) is 6.26. The number of carbonyl (C=O) groups is 2. The summed E-state index contributed by atoms with van der Waals surface area (Å²) in [4.78, 5) is 26.1. The van der Waals surface area contributed by atoms with Crippen molar-refractivity contribution < 1.29 is 27.5 Å². The number of nitrogens with zero attached hydrogens (tertiary/aromatic N) is 1. The Morgan fingerprint density at radius 2 is 1.92 bits per heavy atom. The maximum atomic E-state index is 12.4. The lowest BCUT2D eigenvalue weighted by molar-refractivity contribution is -0.153. The minimum absolute atomic E-state index is 0.0615. The molecule has 5 nitrogen and oxygen atoms in total. The Labute approximate surface area is 144 Å². The third-order valence-electron chi connectivity index (χ3n) is 3.86. The molecule has 1 aromatic rings. The summed E-state index contributed by atoms with van der Waals surface area (Å²) in [6.07, 6.45) is -3.04. The maximum absolute atomic E-state index is 12.4. The van der Waals surface area contributed by atoms with Gasteiger partial charge in [-0.25, -0.2) is 0 Å². The van der Waals surface area contributed by atoms with E-state index in [1.807, 2.05) is 0 Å². The van der Waals surface area contributed by atoms with Crippen LogP contribution in [0.5, 0.6) is 5.75 Å². The van der Waals surface area contributed by atoms with Crippen LogP contribution in [0.4, 0.5) is 18.9 Å². The minimum Gasteiger partial charge on any atom is -0.484 e. The normalized spacial score (nSPS) is 17.7. The first-order valence-corrected chi connectivity index (χ1v) is 8.08. The molecule has 0 spiro atoms. The number of alkyl halides is 3. The predicted molar refractivity (Wildman–Crippen MR) is 86.2 cm³/mol. The zero-order valence-electron chi connectivity index (χ0n) is 14.1. The average molecular weight is 358 g/mol. The van der Waals surface area contributed by atoms with Crippen LogP contribution in [0.1, 0.15) is 26.7 Å². The summed E-state index contributed by atoms with van der Waals surface area (Å²) < 4.78 is 40.9. The van der Waals surface area contributed by atoms with Crippen molar-refractivity contribution in [1.29, 1.82) is 0 Å². The first-order valence-electron chi connectivity index (χ1n) is 8.08. The smallest absolute Gasteiger partial charge is 0.422 e. The molecule has 138 valence electrons. The number of benzene rings is 1. The van der Waals surface area contributed by atoms with E-state index in [9.17, 15) is 22.8 Å². The van der Waals surface area contributed by atoms with E-state index in [0.717, 1.165) is 6.42 Å². The van der Waals surface area contributed by atoms with Crippen LogP contribution in [0.25, 0.3) is 0 Å². The Hall–Kier alpha value is -2.25. The topological polar surface area (TPSA) is 58.6 Å². The fourth-order valence-electron chi connectivity index (χ4n) is 2.66. The first kappa shape index (κ1) is 19.1. The van der Waals surface area contributed by atoms with E-state index in [1.54, 1.807) is 18.7 Å². The Morgan fingerprint density at radius 3 is 2.48 bits per heavy atom. The van der Waals surface area contributed by atoms with Crippen molar-refractivity contribution in [3.8, 4) is 5.75 Å². The number of hydrogen-bond acceptors (Lipinski definition) is 3. The molecule has 2 rings (SSSR count). The van der Waals surface area contributed by atoms with Gasteiger partial charge in [0.25, 0.3) is 0 Å². The summed E-state index contributed by atoms with van der Waals surface area (Å²) in [5.41, 5.74) is 0.438. The molecular formula is C17H21F3N2O3. The molecule has 0 aromatic heterocycles. The van der Waals surface area contributed by atoms with Crippen molar-refractivity contribution in [2.45, 2.75) is 38.9 Å². The quantitative estimate of drug-likeness (QED) is 0.879. The lowest BCUT2D eigenvalue weighted by Gasteiger charge is -2.25. The van der Waals surface area contributed by atoms with Gasteiger partial charge in [0.15, 0.2) is 6.61 Å². The Balaban J connectivity index is 1.95. The third-order valence-corrected chi connectivity index (χ3v) is 3.86. The van der Waals surface area contributed by atoms with Crippen molar-refractivity contribution in [3.63, 3.8) is 0 Å². The molecule has 25 heavy (non-hydrogen) atoms. The van der Waals surface area contributed by atoms with Crippen LogP contribution in [-0.4, -0.2) is 42.1 Å². The minimum atomic E-state index is -4.40. The van der Waals surface area contributed by atoms with Crippen LogP contribution in [0, 0.1) is 5.92 Å². The molecule has 1 heterocycles. The highest BCUT2D eigenvalue weighted by Crippen LogP contribution is 2.23. The second-order valence-corrected chi connectivity index (χ2v) is 6.26. The zero-order chi connectivity index (χ0) is 18.6. The van der Waals surface area contributed by atoms with Gasteiger partial charge in [-0.15, -0.1) is 0 Å². The fraction of sp³-hybridized carbons (Fsp3) is 0.529. The monoisotopic (exact) mass is 358 g/mol. The Bertz CT molecular complexity index is 615. The molecule has 0 saturated carbocycles. The zero-order valence-corrected chi connectivity index (χ0v) is 14.1. The molecule has 1 saturated heterocycles. The molecule has 1 unspecified atom stereocenters. The third kappa shape index (κ3) is 5.37. The molecule has 1 aliphatic heterocycles. The van der Waals surface area contributed by atoms with Gasteiger partial charge >= 0.3 is 6.18 Å². The van der Waals surface area contributed by atoms with E-state index >= 15 is 0 Å². The van der Waals surface area contributed by atoms with Crippen LogP contribution in [-0.2, 0) is 9.59 Å². The van der Waals surface area contributed by atoms with E-state index in [2.05, 4.69) is 10.1 Å². The molecule has 1 aliphatic rings.